The topological polar surface area (TPSA) is 105 Å². The number of aliphatic carboxylic acids is 1. The van der Waals surface area contributed by atoms with Crippen LogP contribution in [0.3, 0.4) is 0 Å². The van der Waals surface area contributed by atoms with Crippen LogP contribution in [0.2, 0.25) is 0 Å². The third-order valence-corrected chi connectivity index (χ3v) is 3.76. The summed E-state index contributed by atoms with van der Waals surface area (Å²) >= 11 is 0. The maximum absolute atomic E-state index is 12.0. The van der Waals surface area contributed by atoms with Crippen LogP contribution in [0.15, 0.2) is 28.8 Å². The van der Waals surface area contributed by atoms with E-state index in [1.807, 2.05) is 31.2 Å². The van der Waals surface area contributed by atoms with Crippen molar-refractivity contribution in [2.75, 3.05) is 0 Å². The third-order valence-electron chi connectivity index (χ3n) is 3.76. The molecule has 0 aliphatic heterocycles. The smallest absolute Gasteiger partial charge is 0.326 e. The van der Waals surface area contributed by atoms with E-state index in [0.29, 0.717) is 11.7 Å². The molecule has 0 aliphatic carbocycles. The maximum Gasteiger partial charge on any atom is 0.326 e. The van der Waals surface area contributed by atoms with Crippen LogP contribution in [0.25, 0.3) is 11.4 Å². The summed E-state index contributed by atoms with van der Waals surface area (Å²) in [7, 11) is 0. The molecule has 0 radical (unpaired) electrons. The molecule has 134 valence electrons. The van der Waals surface area contributed by atoms with E-state index in [9.17, 15) is 14.7 Å². The highest BCUT2D eigenvalue weighted by molar-refractivity contribution is 5.84. The number of rotatable bonds is 6. The molecule has 2 aromatic rings. The van der Waals surface area contributed by atoms with Crippen molar-refractivity contribution in [3.63, 3.8) is 0 Å². The summed E-state index contributed by atoms with van der Waals surface area (Å²) in [5, 5.41) is 15.7. The second-order valence-electron chi connectivity index (χ2n) is 7.08. The zero-order valence-corrected chi connectivity index (χ0v) is 14.9. The van der Waals surface area contributed by atoms with E-state index in [1.54, 1.807) is 20.8 Å². The number of nitrogens with zero attached hydrogens (tertiary/aromatic N) is 2. The first kappa shape index (κ1) is 18.6. The van der Waals surface area contributed by atoms with Crippen molar-refractivity contribution in [1.29, 1.82) is 0 Å². The molecule has 0 saturated carbocycles. The number of carboxylic acids is 1. The number of carbonyl (C=O) groups is 2. The van der Waals surface area contributed by atoms with Crippen molar-refractivity contribution in [1.82, 2.24) is 15.5 Å². The number of benzene rings is 1. The number of carboxylic acid groups (broad SMARTS) is 1. The van der Waals surface area contributed by atoms with Crippen LogP contribution >= 0.6 is 0 Å². The van der Waals surface area contributed by atoms with Crippen LogP contribution in [0.1, 0.15) is 38.6 Å². The van der Waals surface area contributed by atoms with E-state index in [1.165, 1.54) is 0 Å². The lowest BCUT2D eigenvalue weighted by Gasteiger charge is -2.27. The normalized spacial score (nSPS) is 12.6. The molecule has 7 nitrogen and oxygen atoms in total. The molecule has 1 amide bonds. The molecule has 2 N–H and O–H groups in total. The lowest BCUT2D eigenvalue weighted by Crippen LogP contribution is -2.49. The van der Waals surface area contributed by atoms with E-state index in [4.69, 9.17) is 4.52 Å². The minimum absolute atomic E-state index is 0.0788. The van der Waals surface area contributed by atoms with Crippen molar-refractivity contribution >= 4 is 11.9 Å². The second-order valence-corrected chi connectivity index (χ2v) is 7.08. The van der Waals surface area contributed by atoms with Crippen molar-refractivity contribution in [3.8, 4) is 11.4 Å². The van der Waals surface area contributed by atoms with Gasteiger partial charge in [0.15, 0.2) is 0 Å². The fourth-order valence-electron chi connectivity index (χ4n) is 2.28. The Morgan fingerprint density at radius 2 is 1.88 bits per heavy atom. The monoisotopic (exact) mass is 345 g/mol. The lowest BCUT2D eigenvalue weighted by atomic mass is 9.86. The summed E-state index contributed by atoms with van der Waals surface area (Å²) in [6.07, 6.45) is 0.330. The van der Waals surface area contributed by atoms with E-state index >= 15 is 0 Å². The van der Waals surface area contributed by atoms with E-state index in [0.717, 1.165) is 11.1 Å². The Bertz CT molecular complexity index is 744. The predicted molar refractivity (Wildman–Crippen MR) is 91.8 cm³/mol. The lowest BCUT2D eigenvalue weighted by molar-refractivity contribution is -0.144. The molecule has 0 unspecified atom stereocenters. The number of amides is 1. The van der Waals surface area contributed by atoms with Crippen LogP contribution in [-0.2, 0) is 16.0 Å². The minimum Gasteiger partial charge on any atom is -0.480 e. The van der Waals surface area contributed by atoms with Crippen LogP contribution < -0.4 is 5.32 Å². The summed E-state index contributed by atoms with van der Waals surface area (Å²) < 4.78 is 5.16. The molecule has 1 atom stereocenters. The van der Waals surface area contributed by atoms with Gasteiger partial charge in [-0.15, -0.1) is 0 Å². The van der Waals surface area contributed by atoms with Crippen molar-refractivity contribution in [2.24, 2.45) is 5.41 Å². The van der Waals surface area contributed by atoms with Crippen molar-refractivity contribution in [2.45, 2.75) is 46.6 Å². The Morgan fingerprint density at radius 1 is 1.24 bits per heavy atom. The zero-order chi connectivity index (χ0) is 18.6. The van der Waals surface area contributed by atoms with Gasteiger partial charge in [-0.2, -0.15) is 4.98 Å². The van der Waals surface area contributed by atoms with Crippen LogP contribution in [0.4, 0.5) is 0 Å². The SMILES string of the molecule is Cc1ccc(-c2noc(CCC(=O)N[C@@H](C(=O)O)C(C)(C)C)n2)cc1. The highest BCUT2D eigenvalue weighted by Crippen LogP contribution is 2.20. The van der Waals surface area contributed by atoms with Gasteiger partial charge in [-0.1, -0.05) is 55.8 Å². The van der Waals surface area contributed by atoms with E-state index in [2.05, 4.69) is 15.5 Å². The van der Waals surface area contributed by atoms with Gasteiger partial charge in [-0.3, -0.25) is 4.79 Å². The van der Waals surface area contributed by atoms with Gasteiger partial charge < -0.3 is 14.9 Å². The van der Waals surface area contributed by atoms with Gasteiger partial charge in [0.2, 0.25) is 17.6 Å². The number of hydrogen-bond acceptors (Lipinski definition) is 5. The molecule has 1 heterocycles. The third kappa shape index (κ3) is 5.14. The maximum atomic E-state index is 12.0. The van der Waals surface area contributed by atoms with Crippen LogP contribution in [0.5, 0.6) is 0 Å². The second kappa shape index (κ2) is 7.46. The van der Waals surface area contributed by atoms with Gasteiger partial charge in [0.05, 0.1) is 0 Å². The van der Waals surface area contributed by atoms with Gasteiger partial charge in [-0.05, 0) is 12.3 Å². The number of aryl methyl sites for hydroxylation is 2. The van der Waals surface area contributed by atoms with Gasteiger partial charge in [-0.25, -0.2) is 4.79 Å². The van der Waals surface area contributed by atoms with Crippen LogP contribution in [0, 0.1) is 12.3 Å². The molecule has 25 heavy (non-hydrogen) atoms. The molecule has 0 aliphatic rings. The molecule has 0 bridgehead atoms. The Kier molecular flexibility index (Phi) is 5.56. The number of carbonyl (C=O) groups excluding carboxylic acids is 1. The molecular formula is C18H23N3O4. The van der Waals surface area contributed by atoms with Gasteiger partial charge in [0.1, 0.15) is 6.04 Å². The molecule has 2 rings (SSSR count). The first-order valence-corrected chi connectivity index (χ1v) is 8.08. The zero-order valence-electron chi connectivity index (χ0n) is 14.9. The quantitative estimate of drug-likeness (QED) is 0.833. The van der Waals surface area contributed by atoms with E-state index in [-0.39, 0.29) is 18.7 Å². The van der Waals surface area contributed by atoms with Crippen molar-refractivity contribution in [3.05, 3.63) is 35.7 Å². The average Bonchev–Trinajstić information content (AvgIpc) is 2.99. The van der Waals surface area contributed by atoms with Gasteiger partial charge >= 0.3 is 5.97 Å². The van der Waals surface area contributed by atoms with Gasteiger partial charge in [0.25, 0.3) is 0 Å². The fraction of sp³-hybridized carbons (Fsp3) is 0.444. The Balaban J connectivity index is 1.94. The minimum atomic E-state index is -1.06. The highest BCUT2D eigenvalue weighted by atomic mass is 16.5. The summed E-state index contributed by atoms with van der Waals surface area (Å²) in [5.41, 5.74) is 1.39. The van der Waals surface area contributed by atoms with Gasteiger partial charge in [0, 0.05) is 18.4 Å². The summed E-state index contributed by atoms with van der Waals surface area (Å²) in [4.78, 5) is 27.6. The summed E-state index contributed by atoms with van der Waals surface area (Å²) in [6.45, 7) is 7.28. The first-order valence-electron chi connectivity index (χ1n) is 8.08. The Labute approximate surface area is 146 Å². The predicted octanol–water partition coefficient (Wildman–Crippen LogP) is 2.59. The molecule has 0 fully saturated rings. The molecule has 0 spiro atoms. The molecule has 1 aromatic heterocycles. The van der Waals surface area contributed by atoms with Crippen LogP contribution in [-0.4, -0.2) is 33.2 Å². The molecular weight excluding hydrogens is 322 g/mol. The fourth-order valence-corrected chi connectivity index (χ4v) is 2.28. The summed E-state index contributed by atoms with van der Waals surface area (Å²) in [6, 6.07) is 6.76. The summed E-state index contributed by atoms with van der Waals surface area (Å²) in [5.74, 6) is -0.612. The Morgan fingerprint density at radius 3 is 2.44 bits per heavy atom. The number of hydrogen-bond donors (Lipinski definition) is 2. The Hall–Kier alpha value is -2.70. The highest BCUT2D eigenvalue weighted by Gasteiger charge is 2.32. The average molecular weight is 345 g/mol. The number of nitrogens with one attached hydrogen (secondary N) is 1. The first-order chi connectivity index (χ1) is 11.7. The molecule has 0 saturated heterocycles. The number of aromatic nitrogens is 2. The van der Waals surface area contributed by atoms with Crippen molar-refractivity contribution < 1.29 is 19.2 Å². The molecule has 7 heteroatoms. The molecule has 1 aromatic carbocycles. The largest absolute Gasteiger partial charge is 0.480 e. The van der Waals surface area contributed by atoms with E-state index < -0.39 is 17.4 Å². The standard InChI is InChI=1S/C18H23N3O4/c1-11-5-7-12(8-6-11)16-20-14(25-21-16)10-9-13(22)19-15(17(23)24)18(2,3)4/h5-8,15H,9-10H2,1-4H3,(H,19,22)(H,23,24)/t15-/m0/s1.